The molecule has 1 saturated heterocycles. The Morgan fingerprint density at radius 3 is 2.52 bits per heavy atom. The lowest BCUT2D eigenvalue weighted by Crippen LogP contribution is -2.52. The minimum atomic E-state index is -1.48. The lowest BCUT2D eigenvalue weighted by atomic mass is 10.1. The molecule has 1 unspecified atom stereocenters. The van der Waals surface area contributed by atoms with Gasteiger partial charge in [-0.25, -0.2) is 22.9 Å². The van der Waals surface area contributed by atoms with Crippen molar-refractivity contribution in [3.8, 4) is 6.07 Å². The zero-order chi connectivity index (χ0) is 22.3. The molecule has 0 radical (unpaired) electrons. The Morgan fingerprint density at radius 1 is 1.16 bits per heavy atom. The molecule has 1 aliphatic heterocycles. The molecular weight excluding hydrogens is 409 g/mol. The van der Waals surface area contributed by atoms with Crippen LogP contribution in [0.4, 0.5) is 19.0 Å². The van der Waals surface area contributed by atoms with Gasteiger partial charge in [0.15, 0.2) is 23.3 Å². The molecule has 1 fully saturated rings. The van der Waals surface area contributed by atoms with Crippen molar-refractivity contribution in [2.45, 2.75) is 19.5 Å². The summed E-state index contributed by atoms with van der Waals surface area (Å²) in [4.78, 5) is 24.9. The van der Waals surface area contributed by atoms with Crippen molar-refractivity contribution in [2.75, 3.05) is 24.5 Å². The Hall–Kier alpha value is -3.45. The van der Waals surface area contributed by atoms with Gasteiger partial charge in [-0.05, 0) is 36.8 Å². The summed E-state index contributed by atoms with van der Waals surface area (Å²) in [5.74, 6) is -3.50. The summed E-state index contributed by atoms with van der Waals surface area (Å²) in [6, 6.07) is 7.12. The molecule has 31 heavy (non-hydrogen) atoms. The van der Waals surface area contributed by atoms with E-state index in [1.54, 1.807) is 19.2 Å². The molecule has 7 nitrogen and oxygen atoms in total. The molecule has 0 N–H and O–H groups in total. The van der Waals surface area contributed by atoms with E-state index >= 15 is 0 Å². The predicted octanol–water partition coefficient (Wildman–Crippen LogP) is 2.33. The number of anilines is 1. The summed E-state index contributed by atoms with van der Waals surface area (Å²) in [5.41, 5.74) is 1.17. The van der Waals surface area contributed by atoms with Crippen LogP contribution in [-0.4, -0.2) is 45.1 Å². The van der Waals surface area contributed by atoms with Gasteiger partial charge in [0, 0.05) is 39.3 Å². The second kappa shape index (κ2) is 8.00. The largest absolute Gasteiger partial charge is 0.349 e. The van der Waals surface area contributed by atoms with Crippen LogP contribution in [0.15, 0.2) is 29.1 Å². The molecule has 2 aromatic heterocycles. The van der Waals surface area contributed by atoms with Crippen molar-refractivity contribution in [2.24, 2.45) is 7.05 Å². The Balaban J connectivity index is 1.61. The van der Waals surface area contributed by atoms with E-state index in [4.69, 9.17) is 0 Å². The Kier molecular flexibility index (Phi) is 5.37. The molecule has 0 amide bonds. The van der Waals surface area contributed by atoms with Gasteiger partial charge in [0.2, 0.25) is 0 Å². The second-order valence-electron chi connectivity index (χ2n) is 7.60. The summed E-state index contributed by atoms with van der Waals surface area (Å²) in [6.45, 7) is 3.74. The molecule has 1 atom stereocenters. The number of rotatable bonds is 3. The van der Waals surface area contributed by atoms with E-state index in [0.717, 1.165) is 12.1 Å². The number of fused-ring (bicyclic) bond motifs is 1. The van der Waals surface area contributed by atoms with Gasteiger partial charge in [0.1, 0.15) is 17.3 Å². The number of aryl methyl sites for hydroxylation is 1. The number of pyridine rings is 1. The second-order valence-corrected chi connectivity index (χ2v) is 7.60. The number of piperazine rings is 1. The van der Waals surface area contributed by atoms with E-state index in [9.17, 15) is 23.2 Å². The highest BCUT2D eigenvalue weighted by Crippen LogP contribution is 2.26. The van der Waals surface area contributed by atoms with Crippen molar-refractivity contribution >= 4 is 16.9 Å². The van der Waals surface area contributed by atoms with Gasteiger partial charge in [-0.1, -0.05) is 0 Å². The lowest BCUT2D eigenvalue weighted by Gasteiger charge is -2.40. The van der Waals surface area contributed by atoms with Crippen LogP contribution in [0.5, 0.6) is 0 Å². The normalized spacial score (nSPS) is 17.2. The Labute approximate surface area is 176 Å². The highest BCUT2D eigenvalue weighted by atomic mass is 19.2. The maximum absolute atomic E-state index is 13.5. The molecule has 1 aromatic carbocycles. The van der Waals surface area contributed by atoms with E-state index < -0.39 is 23.1 Å². The molecule has 0 aliphatic carbocycles. The zero-order valence-corrected chi connectivity index (χ0v) is 16.9. The lowest BCUT2D eigenvalue weighted by molar-refractivity contribution is 0.219. The van der Waals surface area contributed by atoms with Crippen molar-refractivity contribution in [1.82, 2.24) is 19.4 Å². The maximum Gasteiger partial charge on any atom is 0.349 e. The van der Waals surface area contributed by atoms with Crippen LogP contribution in [0.2, 0.25) is 0 Å². The fraction of sp³-hybridized carbons (Fsp3) is 0.333. The standard InChI is InChI=1S/C21H19F3N6O/c1-12-10-29(11-13-7-15(22)18(24)16(23)8-13)5-6-30(12)20-19-17(28(2)21(31)27-20)4-3-14(9-25)26-19/h3-4,7-8,12H,5-6,10-11H2,1-2H3. The van der Waals surface area contributed by atoms with Gasteiger partial charge >= 0.3 is 5.69 Å². The molecule has 0 bridgehead atoms. The van der Waals surface area contributed by atoms with Crippen LogP contribution in [0.25, 0.3) is 11.0 Å². The van der Waals surface area contributed by atoms with Gasteiger partial charge in [0.25, 0.3) is 0 Å². The van der Waals surface area contributed by atoms with E-state index in [0.29, 0.717) is 42.0 Å². The van der Waals surface area contributed by atoms with Gasteiger partial charge in [0.05, 0.1) is 5.52 Å². The number of nitriles is 1. The molecule has 0 spiro atoms. The van der Waals surface area contributed by atoms with Crippen molar-refractivity contribution in [1.29, 1.82) is 5.26 Å². The number of aromatic nitrogens is 3. The predicted molar refractivity (Wildman–Crippen MR) is 108 cm³/mol. The molecule has 160 valence electrons. The van der Waals surface area contributed by atoms with Crippen LogP contribution in [-0.2, 0) is 13.6 Å². The third kappa shape index (κ3) is 3.84. The van der Waals surface area contributed by atoms with E-state index in [-0.39, 0.29) is 18.3 Å². The number of benzene rings is 1. The monoisotopic (exact) mass is 428 g/mol. The first-order valence-corrected chi connectivity index (χ1v) is 9.68. The van der Waals surface area contributed by atoms with E-state index in [2.05, 4.69) is 9.97 Å². The number of hydrogen-bond donors (Lipinski definition) is 0. The minimum Gasteiger partial charge on any atom is -0.349 e. The van der Waals surface area contributed by atoms with Crippen LogP contribution in [0.3, 0.4) is 0 Å². The molecule has 4 rings (SSSR count). The smallest absolute Gasteiger partial charge is 0.349 e. The molecule has 3 aromatic rings. The SMILES string of the molecule is CC1CN(Cc2cc(F)c(F)c(F)c2)CCN1c1nc(=O)n(C)c2ccc(C#N)nc12. The highest BCUT2D eigenvalue weighted by Gasteiger charge is 2.28. The summed E-state index contributed by atoms with van der Waals surface area (Å²) in [5, 5.41) is 9.21. The highest BCUT2D eigenvalue weighted by molar-refractivity contribution is 5.86. The maximum atomic E-state index is 13.5. The quantitative estimate of drug-likeness (QED) is 0.596. The number of hydrogen-bond acceptors (Lipinski definition) is 6. The summed E-state index contributed by atoms with van der Waals surface area (Å²) in [7, 11) is 1.59. The summed E-state index contributed by atoms with van der Waals surface area (Å²) in [6.07, 6.45) is 0. The van der Waals surface area contributed by atoms with Crippen molar-refractivity contribution in [3.05, 3.63) is 63.5 Å². The third-order valence-corrected chi connectivity index (χ3v) is 5.48. The number of halogens is 3. The van der Waals surface area contributed by atoms with Gasteiger partial charge in [-0.3, -0.25) is 9.47 Å². The topological polar surface area (TPSA) is 78.0 Å². The Bertz CT molecular complexity index is 1250. The first-order valence-electron chi connectivity index (χ1n) is 9.68. The van der Waals surface area contributed by atoms with E-state index in [1.165, 1.54) is 4.57 Å². The van der Waals surface area contributed by atoms with Crippen LogP contribution in [0, 0.1) is 28.8 Å². The zero-order valence-electron chi connectivity index (χ0n) is 16.9. The van der Waals surface area contributed by atoms with Gasteiger partial charge in [-0.2, -0.15) is 10.2 Å². The summed E-state index contributed by atoms with van der Waals surface area (Å²) < 4.78 is 41.6. The summed E-state index contributed by atoms with van der Waals surface area (Å²) >= 11 is 0. The number of nitrogens with zero attached hydrogens (tertiary/aromatic N) is 6. The van der Waals surface area contributed by atoms with Gasteiger partial charge in [-0.15, -0.1) is 0 Å². The fourth-order valence-electron chi connectivity index (χ4n) is 3.92. The Morgan fingerprint density at radius 2 is 1.87 bits per heavy atom. The third-order valence-electron chi connectivity index (χ3n) is 5.48. The van der Waals surface area contributed by atoms with E-state index in [1.807, 2.05) is 22.8 Å². The average molecular weight is 428 g/mol. The average Bonchev–Trinajstić information content (AvgIpc) is 2.74. The van der Waals surface area contributed by atoms with Crippen LogP contribution in [0.1, 0.15) is 18.2 Å². The van der Waals surface area contributed by atoms with Gasteiger partial charge < -0.3 is 4.90 Å². The van der Waals surface area contributed by atoms with Crippen LogP contribution < -0.4 is 10.6 Å². The van der Waals surface area contributed by atoms with Crippen molar-refractivity contribution in [3.63, 3.8) is 0 Å². The first-order chi connectivity index (χ1) is 14.8. The minimum absolute atomic E-state index is 0.0979. The molecule has 3 heterocycles. The molecule has 0 saturated carbocycles. The van der Waals surface area contributed by atoms with Crippen LogP contribution >= 0.6 is 0 Å². The molecule has 10 heteroatoms. The molecular formula is C21H19F3N6O. The van der Waals surface area contributed by atoms with Crippen molar-refractivity contribution < 1.29 is 13.2 Å². The molecule has 1 aliphatic rings. The fourth-order valence-corrected chi connectivity index (χ4v) is 3.92. The first kappa shape index (κ1) is 20.8.